The summed E-state index contributed by atoms with van der Waals surface area (Å²) in [7, 11) is -3.81. The standard InChI is InChI=1S/C18H21ClN2O3S/c1-12(22)20-17-10-9-13(11-15(17)19)25(23,24)21-16-8-6-5-7-14(16)18(2,3)4/h5-11,21H,1-4H3,(H,20,22). The van der Waals surface area contributed by atoms with Crippen LogP contribution in [0.4, 0.5) is 11.4 Å². The number of carbonyl (C=O) groups is 1. The monoisotopic (exact) mass is 380 g/mol. The number of anilines is 2. The third-order valence-electron chi connectivity index (χ3n) is 3.54. The Labute approximate surface area is 153 Å². The lowest BCUT2D eigenvalue weighted by molar-refractivity contribution is -0.114. The minimum Gasteiger partial charge on any atom is -0.325 e. The third kappa shape index (κ3) is 4.74. The molecule has 0 atom stereocenters. The summed E-state index contributed by atoms with van der Waals surface area (Å²) in [4.78, 5) is 11.1. The Morgan fingerprint density at radius 3 is 2.24 bits per heavy atom. The predicted molar refractivity (Wildman–Crippen MR) is 102 cm³/mol. The summed E-state index contributed by atoms with van der Waals surface area (Å²) >= 11 is 6.08. The quantitative estimate of drug-likeness (QED) is 0.825. The Balaban J connectivity index is 2.38. The zero-order chi connectivity index (χ0) is 18.8. The molecular formula is C18H21ClN2O3S. The lowest BCUT2D eigenvalue weighted by Crippen LogP contribution is -2.19. The topological polar surface area (TPSA) is 75.3 Å². The minimum absolute atomic E-state index is 0.0234. The Hall–Kier alpha value is -2.05. The fraction of sp³-hybridized carbons (Fsp3) is 0.278. The van der Waals surface area contributed by atoms with Gasteiger partial charge in [0.05, 0.1) is 21.3 Å². The van der Waals surface area contributed by atoms with Gasteiger partial charge in [-0.1, -0.05) is 50.6 Å². The van der Waals surface area contributed by atoms with Crippen LogP contribution in [-0.4, -0.2) is 14.3 Å². The van der Waals surface area contributed by atoms with E-state index < -0.39 is 10.0 Å². The van der Waals surface area contributed by atoms with E-state index >= 15 is 0 Å². The molecule has 2 rings (SSSR count). The van der Waals surface area contributed by atoms with E-state index in [0.717, 1.165) is 5.56 Å². The number of nitrogens with one attached hydrogen (secondary N) is 2. The maximum atomic E-state index is 12.7. The van der Waals surface area contributed by atoms with Crippen molar-refractivity contribution < 1.29 is 13.2 Å². The molecule has 0 saturated heterocycles. The number of amides is 1. The lowest BCUT2D eigenvalue weighted by atomic mass is 9.86. The van der Waals surface area contributed by atoms with Crippen molar-refractivity contribution in [3.8, 4) is 0 Å². The van der Waals surface area contributed by atoms with E-state index in [1.54, 1.807) is 12.1 Å². The van der Waals surface area contributed by atoms with E-state index in [2.05, 4.69) is 10.0 Å². The van der Waals surface area contributed by atoms with Gasteiger partial charge in [-0.25, -0.2) is 8.42 Å². The summed E-state index contributed by atoms with van der Waals surface area (Å²) in [6.07, 6.45) is 0. The maximum Gasteiger partial charge on any atom is 0.261 e. The van der Waals surface area contributed by atoms with Gasteiger partial charge in [-0.3, -0.25) is 9.52 Å². The average Bonchev–Trinajstić information content (AvgIpc) is 2.48. The Kier molecular flexibility index (Phi) is 5.44. The zero-order valence-corrected chi connectivity index (χ0v) is 16.1. The van der Waals surface area contributed by atoms with Crippen molar-refractivity contribution in [2.75, 3.05) is 10.0 Å². The number of hydrogen-bond donors (Lipinski definition) is 2. The summed E-state index contributed by atoms with van der Waals surface area (Å²) in [5.41, 5.74) is 1.56. The van der Waals surface area contributed by atoms with Gasteiger partial charge in [0, 0.05) is 6.92 Å². The summed E-state index contributed by atoms with van der Waals surface area (Å²) in [6.45, 7) is 7.39. The van der Waals surface area contributed by atoms with Crippen molar-refractivity contribution >= 4 is 38.9 Å². The predicted octanol–water partition coefficient (Wildman–Crippen LogP) is 4.40. The zero-order valence-electron chi connectivity index (χ0n) is 14.6. The molecule has 0 aliphatic carbocycles. The normalized spacial score (nSPS) is 11.9. The fourth-order valence-corrected chi connectivity index (χ4v) is 3.78. The summed E-state index contributed by atoms with van der Waals surface area (Å²) < 4.78 is 28.0. The Morgan fingerprint density at radius 1 is 1.04 bits per heavy atom. The summed E-state index contributed by atoms with van der Waals surface area (Å²) in [5, 5.41) is 2.70. The van der Waals surface area contributed by atoms with E-state index in [1.165, 1.54) is 25.1 Å². The first-order valence-electron chi connectivity index (χ1n) is 7.70. The van der Waals surface area contributed by atoms with Gasteiger partial charge in [0.25, 0.3) is 10.0 Å². The SMILES string of the molecule is CC(=O)Nc1ccc(S(=O)(=O)Nc2ccccc2C(C)(C)C)cc1Cl. The van der Waals surface area contributed by atoms with Gasteiger partial charge in [0.15, 0.2) is 0 Å². The molecule has 1 amide bonds. The second-order valence-corrected chi connectivity index (χ2v) is 8.81. The first kappa shape index (κ1) is 19.3. The van der Waals surface area contributed by atoms with E-state index in [4.69, 9.17) is 11.6 Å². The maximum absolute atomic E-state index is 12.7. The number of para-hydroxylation sites is 1. The number of rotatable bonds is 4. The lowest BCUT2D eigenvalue weighted by Gasteiger charge is -2.23. The Bertz CT molecular complexity index is 903. The van der Waals surface area contributed by atoms with Crippen molar-refractivity contribution in [2.24, 2.45) is 0 Å². The molecule has 2 N–H and O–H groups in total. The van der Waals surface area contributed by atoms with Crippen LogP contribution < -0.4 is 10.0 Å². The van der Waals surface area contributed by atoms with Crippen LogP contribution in [0.15, 0.2) is 47.4 Å². The smallest absolute Gasteiger partial charge is 0.261 e. The van der Waals surface area contributed by atoms with E-state index in [-0.39, 0.29) is 21.2 Å². The van der Waals surface area contributed by atoms with Crippen LogP contribution in [0.3, 0.4) is 0 Å². The van der Waals surface area contributed by atoms with Gasteiger partial charge >= 0.3 is 0 Å². The van der Waals surface area contributed by atoms with Crippen LogP contribution in [-0.2, 0) is 20.2 Å². The van der Waals surface area contributed by atoms with E-state index in [1.807, 2.05) is 32.9 Å². The van der Waals surface area contributed by atoms with Gasteiger partial charge in [-0.05, 0) is 35.2 Å². The van der Waals surface area contributed by atoms with Crippen molar-refractivity contribution in [3.05, 3.63) is 53.1 Å². The van der Waals surface area contributed by atoms with Gasteiger partial charge < -0.3 is 5.32 Å². The van der Waals surface area contributed by atoms with Crippen LogP contribution >= 0.6 is 11.6 Å². The first-order valence-corrected chi connectivity index (χ1v) is 9.56. The second kappa shape index (κ2) is 7.06. The molecule has 0 fully saturated rings. The van der Waals surface area contributed by atoms with Crippen LogP contribution in [0.1, 0.15) is 33.3 Å². The highest BCUT2D eigenvalue weighted by Gasteiger charge is 2.22. The third-order valence-corrected chi connectivity index (χ3v) is 5.22. The molecule has 0 aliphatic rings. The number of sulfonamides is 1. The minimum atomic E-state index is -3.81. The number of halogens is 1. The molecule has 25 heavy (non-hydrogen) atoms. The molecule has 0 bridgehead atoms. The van der Waals surface area contributed by atoms with Crippen LogP contribution in [0.5, 0.6) is 0 Å². The second-order valence-electron chi connectivity index (χ2n) is 6.72. The van der Waals surface area contributed by atoms with Crippen LogP contribution in [0, 0.1) is 0 Å². The summed E-state index contributed by atoms with van der Waals surface area (Å²) in [6, 6.07) is 11.5. The largest absolute Gasteiger partial charge is 0.325 e. The van der Waals surface area contributed by atoms with Crippen LogP contribution in [0.25, 0.3) is 0 Å². The molecule has 0 unspecified atom stereocenters. The van der Waals surface area contributed by atoms with Crippen molar-refractivity contribution in [2.45, 2.75) is 38.0 Å². The summed E-state index contributed by atoms with van der Waals surface area (Å²) in [5.74, 6) is -0.283. The number of carbonyl (C=O) groups excluding carboxylic acids is 1. The highest BCUT2D eigenvalue weighted by atomic mass is 35.5. The van der Waals surface area contributed by atoms with Gasteiger partial charge in [-0.2, -0.15) is 0 Å². The first-order chi connectivity index (χ1) is 11.5. The molecule has 2 aromatic rings. The molecule has 2 aromatic carbocycles. The van der Waals surface area contributed by atoms with Crippen molar-refractivity contribution in [3.63, 3.8) is 0 Å². The molecule has 5 nitrogen and oxygen atoms in total. The number of hydrogen-bond acceptors (Lipinski definition) is 3. The van der Waals surface area contributed by atoms with E-state index in [9.17, 15) is 13.2 Å². The molecule has 0 saturated carbocycles. The van der Waals surface area contributed by atoms with Gasteiger partial charge in [0.1, 0.15) is 0 Å². The van der Waals surface area contributed by atoms with Gasteiger partial charge in [0.2, 0.25) is 5.91 Å². The molecular weight excluding hydrogens is 360 g/mol. The molecule has 0 radical (unpaired) electrons. The van der Waals surface area contributed by atoms with E-state index in [0.29, 0.717) is 11.4 Å². The molecule has 0 heterocycles. The van der Waals surface area contributed by atoms with Crippen LogP contribution in [0.2, 0.25) is 5.02 Å². The Morgan fingerprint density at radius 2 is 1.68 bits per heavy atom. The highest BCUT2D eigenvalue weighted by molar-refractivity contribution is 7.92. The molecule has 7 heteroatoms. The molecule has 0 aliphatic heterocycles. The highest BCUT2D eigenvalue weighted by Crippen LogP contribution is 2.32. The molecule has 134 valence electrons. The fourth-order valence-electron chi connectivity index (χ4n) is 2.38. The number of benzene rings is 2. The molecule has 0 aromatic heterocycles. The van der Waals surface area contributed by atoms with Gasteiger partial charge in [-0.15, -0.1) is 0 Å². The van der Waals surface area contributed by atoms with Crippen molar-refractivity contribution in [1.29, 1.82) is 0 Å². The van der Waals surface area contributed by atoms with Crippen molar-refractivity contribution in [1.82, 2.24) is 0 Å². The average molecular weight is 381 g/mol. The molecule has 0 spiro atoms.